The monoisotopic (exact) mass is 409 g/mol. The van der Waals surface area contributed by atoms with Gasteiger partial charge in [0, 0.05) is 62.6 Å². The molecule has 0 aliphatic carbocycles. The van der Waals surface area contributed by atoms with Crippen molar-refractivity contribution in [3.63, 3.8) is 0 Å². The Morgan fingerprint density at radius 3 is 2.67 bits per heavy atom. The number of aromatic nitrogens is 6. The normalized spacial score (nSPS) is 23.4. The van der Waals surface area contributed by atoms with Crippen LogP contribution < -0.4 is 5.56 Å². The molecule has 2 unspecified atom stereocenters. The molecule has 30 heavy (non-hydrogen) atoms. The summed E-state index contributed by atoms with van der Waals surface area (Å²) in [7, 11) is 0. The molecule has 2 atom stereocenters. The number of aryl methyl sites for hydroxylation is 1. The second-order valence-corrected chi connectivity index (χ2v) is 8.56. The van der Waals surface area contributed by atoms with Gasteiger partial charge in [-0.3, -0.25) is 9.69 Å². The summed E-state index contributed by atoms with van der Waals surface area (Å²) in [6, 6.07) is 0. The number of likely N-dealkylation sites (tertiary alicyclic amines) is 1. The molecule has 1 N–H and O–H groups in total. The predicted molar refractivity (Wildman–Crippen MR) is 110 cm³/mol. The molecule has 5 rings (SSSR count). The number of fused-ring (bicyclic) bond motifs is 1. The Kier molecular flexibility index (Phi) is 5.08. The van der Waals surface area contributed by atoms with Crippen molar-refractivity contribution >= 4 is 5.52 Å². The third-order valence-electron chi connectivity index (χ3n) is 6.31. The first-order valence-corrected chi connectivity index (χ1v) is 10.6. The maximum Gasteiger partial charge on any atom is 0.276 e. The number of nitrogens with one attached hydrogen (secondary N) is 1. The molecule has 0 spiro atoms. The average Bonchev–Trinajstić information content (AvgIpc) is 3.34. The van der Waals surface area contributed by atoms with Crippen LogP contribution >= 0.6 is 0 Å². The molecular formula is C21H27N7O2. The van der Waals surface area contributed by atoms with Gasteiger partial charge >= 0.3 is 0 Å². The van der Waals surface area contributed by atoms with Crippen LogP contribution in [0.3, 0.4) is 0 Å². The third-order valence-corrected chi connectivity index (χ3v) is 6.31. The number of rotatable bonds is 4. The van der Waals surface area contributed by atoms with E-state index in [4.69, 9.17) is 9.84 Å². The quantitative estimate of drug-likeness (QED) is 0.699. The highest BCUT2D eigenvalue weighted by Gasteiger charge is 2.33. The first kappa shape index (κ1) is 19.3. The van der Waals surface area contributed by atoms with Gasteiger partial charge in [0.05, 0.1) is 6.20 Å². The van der Waals surface area contributed by atoms with E-state index in [0.29, 0.717) is 11.4 Å². The second kappa shape index (κ2) is 7.88. The Hall–Kier alpha value is -2.65. The first-order chi connectivity index (χ1) is 14.6. The molecule has 2 aliphatic heterocycles. The molecule has 9 nitrogen and oxygen atoms in total. The lowest BCUT2D eigenvalue weighted by Gasteiger charge is -2.21. The largest absolute Gasteiger partial charge is 0.381 e. The summed E-state index contributed by atoms with van der Waals surface area (Å²) in [5.74, 6) is 3.23. The summed E-state index contributed by atoms with van der Waals surface area (Å²) < 4.78 is 7.25. The lowest BCUT2D eigenvalue weighted by atomic mass is 9.97. The lowest BCUT2D eigenvalue weighted by Crippen LogP contribution is -2.24. The zero-order chi connectivity index (χ0) is 20.7. The minimum atomic E-state index is -0.122. The molecule has 2 saturated heterocycles. The van der Waals surface area contributed by atoms with Crippen LogP contribution in [0.1, 0.15) is 54.6 Å². The van der Waals surface area contributed by atoms with Gasteiger partial charge in [-0.1, -0.05) is 6.92 Å². The summed E-state index contributed by atoms with van der Waals surface area (Å²) in [5.41, 5.74) is 1.49. The van der Waals surface area contributed by atoms with Crippen molar-refractivity contribution in [3.05, 3.63) is 52.0 Å². The topological polar surface area (TPSA) is 101 Å². The molecule has 2 fully saturated rings. The summed E-state index contributed by atoms with van der Waals surface area (Å²) in [4.78, 5) is 31.3. The van der Waals surface area contributed by atoms with E-state index in [1.54, 1.807) is 10.7 Å². The molecule has 3 aromatic rings. The maximum absolute atomic E-state index is 12.8. The van der Waals surface area contributed by atoms with Gasteiger partial charge in [-0.2, -0.15) is 5.10 Å². The van der Waals surface area contributed by atoms with Gasteiger partial charge in [-0.05, 0) is 25.7 Å². The van der Waals surface area contributed by atoms with Crippen molar-refractivity contribution in [2.24, 2.45) is 5.92 Å². The number of hydrogen-bond acceptors (Lipinski definition) is 7. The summed E-state index contributed by atoms with van der Waals surface area (Å²) in [6.07, 6.45) is 7.24. The predicted octanol–water partition coefficient (Wildman–Crippen LogP) is 1.65. The van der Waals surface area contributed by atoms with Gasteiger partial charge in [0.2, 0.25) is 0 Å². The number of ether oxygens (including phenoxy) is 1. The Bertz CT molecular complexity index is 1080. The SMILES string of the molecule is Cc1ncc(CN2CC(C)C(c3nn4c(C5CCOCC5)ncc4c(=O)[nH]3)C2)cn1. The van der Waals surface area contributed by atoms with Crippen LogP contribution in [-0.4, -0.2) is 60.8 Å². The minimum Gasteiger partial charge on any atom is -0.381 e. The lowest BCUT2D eigenvalue weighted by molar-refractivity contribution is 0.0832. The van der Waals surface area contributed by atoms with Gasteiger partial charge in [0.15, 0.2) is 5.52 Å². The molecule has 0 aromatic carbocycles. The van der Waals surface area contributed by atoms with Crippen molar-refractivity contribution in [1.29, 1.82) is 0 Å². The third kappa shape index (κ3) is 3.63. The van der Waals surface area contributed by atoms with Crippen LogP contribution in [0, 0.1) is 12.8 Å². The zero-order valence-electron chi connectivity index (χ0n) is 17.4. The van der Waals surface area contributed by atoms with Crippen molar-refractivity contribution in [1.82, 2.24) is 34.4 Å². The maximum atomic E-state index is 12.8. The molecule has 0 radical (unpaired) electrons. The molecule has 0 saturated carbocycles. The van der Waals surface area contributed by atoms with Crippen LogP contribution in [-0.2, 0) is 11.3 Å². The minimum absolute atomic E-state index is 0.122. The van der Waals surface area contributed by atoms with E-state index in [2.05, 4.69) is 31.8 Å². The number of aromatic amines is 1. The molecule has 9 heteroatoms. The standard InChI is InChI=1S/C21H27N7O2/c1-13-10-27(11-15-7-22-14(2)23-8-15)12-17(13)19-25-21(29)18-9-24-20(28(18)26-19)16-3-5-30-6-4-16/h7-9,13,16-17H,3-6,10-12H2,1-2H3,(H,25,26,29). The average molecular weight is 409 g/mol. The summed E-state index contributed by atoms with van der Waals surface area (Å²) in [6.45, 7) is 8.14. The highest BCUT2D eigenvalue weighted by atomic mass is 16.5. The van der Waals surface area contributed by atoms with E-state index in [-0.39, 0.29) is 17.4 Å². The Balaban J connectivity index is 1.41. The van der Waals surface area contributed by atoms with E-state index >= 15 is 0 Å². The van der Waals surface area contributed by atoms with Crippen LogP contribution in [0.5, 0.6) is 0 Å². The fourth-order valence-electron chi connectivity index (χ4n) is 4.65. The van der Waals surface area contributed by atoms with Crippen LogP contribution in [0.2, 0.25) is 0 Å². The van der Waals surface area contributed by atoms with Gasteiger partial charge in [-0.15, -0.1) is 0 Å². The number of hydrogen-bond donors (Lipinski definition) is 1. The van der Waals surface area contributed by atoms with Crippen LogP contribution in [0.15, 0.2) is 23.4 Å². The van der Waals surface area contributed by atoms with Crippen LogP contribution in [0.4, 0.5) is 0 Å². The second-order valence-electron chi connectivity index (χ2n) is 8.56. The van der Waals surface area contributed by atoms with E-state index in [9.17, 15) is 4.79 Å². The number of H-pyrrole nitrogens is 1. The van der Waals surface area contributed by atoms with Gasteiger partial charge in [-0.25, -0.2) is 19.5 Å². The van der Waals surface area contributed by atoms with Crippen molar-refractivity contribution < 1.29 is 4.74 Å². The highest BCUT2D eigenvalue weighted by Crippen LogP contribution is 2.31. The van der Waals surface area contributed by atoms with Gasteiger partial charge in [0.25, 0.3) is 5.56 Å². The summed E-state index contributed by atoms with van der Waals surface area (Å²) >= 11 is 0. The highest BCUT2D eigenvalue weighted by molar-refractivity contribution is 5.42. The van der Waals surface area contributed by atoms with Crippen molar-refractivity contribution in [2.45, 2.75) is 45.1 Å². The van der Waals surface area contributed by atoms with E-state index in [0.717, 1.165) is 68.7 Å². The molecule has 2 aliphatic rings. The van der Waals surface area contributed by atoms with E-state index in [1.165, 1.54) is 0 Å². The Morgan fingerprint density at radius 1 is 1.13 bits per heavy atom. The molecule has 0 amide bonds. The molecule has 158 valence electrons. The van der Waals surface area contributed by atoms with Crippen molar-refractivity contribution in [3.8, 4) is 0 Å². The van der Waals surface area contributed by atoms with E-state index < -0.39 is 0 Å². The van der Waals surface area contributed by atoms with Gasteiger partial charge in [0.1, 0.15) is 17.5 Å². The molecular weight excluding hydrogens is 382 g/mol. The zero-order valence-corrected chi connectivity index (χ0v) is 17.4. The summed E-state index contributed by atoms with van der Waals surface area (Å²) in [5, 5.41) is 4.86. The van der Waals surface area contributed by atoms with Crippen LogP contribution in [0.25, 0.3) is 5.52 Å². The fourth-order valence-corrected chi connectivity index (χ4v) is 4.65. The van der Waals surface area contributed by atoms with Crippen molar-refractivity contribution in [2.75, 3.05) is 26.3 Å². The Labute approximate surface area is 174 Å². The fraction of sp³-hybridized carbons (Fsp3) is 0.571. The molecule has 0 bridgehead atoms. The number of nitrogens with zero attached hydrogens (tertiary/aromatic N) is 6. The van der Waals surface area contributed by atoms with Gasteiger partial charge < -0.3 is 9.72 Å². The van der Waals surface area contributed by atoms with E-state index in [1.807, 2.05) is 19.3 Å². The number of imidazole rings is 1. The first-order valence-electron chi connectivity index (χ1n) is 10.6. The smallest absolute Gasteiger partial charge is 0.276 e. The molecule has 3 aromatic heterocycles. The molecule has 5 heterocycles. The Morgan fingerprint density at radius 2 is 1.90 bits per heavy atom.